The third-order valence-electron chi connectivity index (χ3n) is 7.07. The summed E-state index contributed by atoms with van der Waals surface area (Å²) >= 11 is 0. The molecule has 10 heteroatoms. The first-order chi connectivity index (χ1) is 18.1. The minimum absolute atomic E-state index is 0.0829. The molecule has 0 spiro atoms. The monoisotopic (exact) mass is 500 g/mol. The lowest BCUT2D eigenvalue weighted by atomic mass is 9.95. The fraction of sp³-hybridized carbons (Fsp3) is 0.333. The second-order valence-electron chi connectivity index (χ2n) is 9.33. The Hall–Kier alpha value is -4.34. The van der Waals surface area contributed by atoms with E-state index in [0.29, 0.717) is 49.1 Å². The Morgan fingerprint density at radius 3 is 2.62 bits per heavy atom. The van der Waals surface area contributed by atoms with Crippen molar-refractivity contribution in [3.63, 3.8) is 0 Å². The van der Waals surface area contributed by atoms with Gasteiger partial charge in [-0.25, -0.2) is 9.48 Å². The van der Waals surface area contributed by atoms with E-state index in [1.807, 2.05) is 60.4 Å². The highest BCUT2D eigenvalue weighted by Crippen LogP contribution is 2.35. The van der Waals surface area contributed by atoms with Crippen LogP contribution in [0, 0.1) is 0 Å². The Labute approximate surface area is 213 Å². The number of aromatic amines is 1. The highest BCUT2D eigenvalue weighted by atomic mass is 16.7. The quantitative estimate of drug-likeness (QED) is 0.436. The van der Waals surface area contributed by atoms with Crippen molar-refractivity contribution in [2.24, 2.45) is 0 Å². The fourth-order valence-electron chi connectivity index (χ4n) is 5.06. The van der Waals surface area contributed by atoms with Gasteiger partial charge in [-0.05, 0) is 49.6 Å². The fourth-order valence-corrected chi connectivity index (χ4v) is 5.06. The molecule has 0 bridgehead atoms. The summed E-state index contributed by atoms with van der Waals surface area (Å²) in [6.07, 6.45) is 1.49. The number of rotatable bonds is 6. The molecule has 0 radical (unpaired) electrons. The molecule has 2 aromatic carbocycles. The number of fused-ring (bicyclic) bond motifs is 1. The van der Waals surface area contributed by atoms with E-state index < -0.39 is 0 Å². The lowest BCUT2D eigenvalue weighted by molar-refractivity contribution is 0.0704. The largest absolute Gasteiger partial charge is 0.454 e. The molecule has 1 amide bonds. The topological polar surface area (TPSA) is 107 Å². The lowest BCUT2D eigenvalue weighted by Gasteiger charge is -2.31. The molecule has 1 saturated heterocycles. The van der Waals surface area contributed by atoms with Crippen molar-refractivity contribution in [2.45, 2.75) is 38.8 Å². The first-order valence-corrected chi connectivity index (χ1v) is 12.6. The summed E-state index contributed by atoms with van der Waals surface area (Å²) in [5.74, 6) is 2.23. The molecular formula is C27H28N6O4. The van der Waals surface area contributed by atoms with Gasteiger partial charge in [0.05, 0.1) is 12.2 Å². The van der Waals surface area contributed by atoms with E-state index in [4.69, 9.17) is 14.6 Å². The Balaban J connectivity index is 1.13. The van der Waals surface area contributed by atoms with E-state index in [1.54, 1.807) is 15.3 Å². The Bertz CT molecular complexity index is 1480. The van der Waals surface area contributed by atoms with Gasteiger partial charge in [0.15, 0.2) is 11.5 Å². The molecule has 0 atom stereocenters. The number of hydrogen-bond donors (Lipinski definition) is 1. The number of ether oxygens (including phenoxy) is 2. The number of nitrogens with one attached hydrogen (secondary N) is 1. The number of benzene rings is 2. The first-order valence-electron chi connectivity index (χ1n) is 12.6. The van der Waals surface area contributed by atoms with Crippen LogP contribution < -0.4 is 15.2 Å². The Morgan fingerprint density at radius 2 is 1.84 bits per heavy atom. The zero-order valence-electron chi connectivity index (χ0n) is 20.6. The number of hydrogen-bond acceptors (Lipinski definition) is 6. The molecular weight excluding hydrogens is 472 g/mol. The molecule has 4 aromatic rings. The minimum atomic E-state index is -0.0895. The van der Waals surface area contributed by atoms with Crippen LogP contribution >= 0.6 is 0 Å². The molecule has 6 rings (SSSR count). The van der Waals surface area contributed by atoms with Crippen molar-refractivity contribution in [1.82, 2.24) is 29.4 Å². The average molecular weight is 501 g/mol. The smallest absolute Gasteiger partial charge is 0.346 e. The van der Waals surface area contributed by atoms with Gasteiger partial charge < -0.3 is 14.4 Å². The Morgan fingerprint density at radius 1 is 1.05 bits per heavy atom. The van der Waals surface area contributed by atoms with Gasteiger partial charge in [-0.1, -0.05) is 30.3 Å². The zero-order valence-corrected chi connectivity index (χ0v) is 20.6. The SMILES string of the molecule is CCn1c(C2CCN(C(=O)c3cc(-c4ccc5c(c4)OCO5)n[nH]3)CC2)nn(Cc2ccccc2)c1=O. The molecule has 1 N–H and O–H groups in total. The summed E-state index contributed by atoms with van der Waals surface area (Å²) in [5.41, 5.74) is 2.92. The van der Waals surface area contributed by atoms with Crippen LogP contribution in [0.3, 0.4) is 0 Å². The van der Waals surface area contributed by atoms with Crippen molar-refractivity contribution in [1.29, 1.82) is 0 Å². The molecule has 190 valence electrons. The molecule has 0 unspecified atom stereocenters. The number of carbonyl (C=O) groups is 1. The second-order valence-corrected chi connectivity index (χ2v) is 9.33. The summed E-state index contributed by atoms with van der Waals surface area (Å²) < 4.78 is 14.1. The van der Waals surface area contributed by atoms with Gasteiger partial charge in [0.1, 0.15) is 11.5 Å². The average Bonchev–Trinajstić information content (AvgIpc) is 3.68. The van der Waals surface area contributed by atoms with E-state index in [-0.39, 0.29) is 24.3 Å². The Kier molecular flexibility index (Phi) is 5.99. The maximum atomic E-state index is 13.2. The summed E-state index contributed by atoms with van der Waals surface area (Å²) in [5, 5.41) is 11.9. The number of H-pyrrole nitrogens is 1. The number of likely N-dealkylation sites (tertiary alicyclic amines) is 1. The zero-order chi connectivity index (χ0) is 25.4. The van der Waals surface area contributed by atoms with Crippen LogP contribution in [-0.4, -0.2) is 55.2 Å². The lowest BCUT2D eigenvalue weighted by Crippen LogP contribution is -2.38. The molecule has 1 fully saturated rings. The van der Waals surface area contributed by atoms with Gasteiger partial charge in [-0.15, -0.1) is 0 Å². The van der Waals surface area contributed by atoms with Gasteiger partial charge in [0.25, 0.3) is 5.91 Å². The van der Waals surface area contributed by atoms with Crippen molar-refractivity contribution >= 4 is 5.91 Å². The van der Waals surface area contributed by atoms with Crippen LogP contribution in [0.5, 0.6) is 11.5 Å². The van der Waals surface area contributed by atoms with Gasteiger partial charge in [0.2, 0.25) is 6.79 Å². The van der Waals surface area contributed by atoms with Gasteiger partial charge in [0, 0.05) is 31.1 Å². The molecule has 2 aliphatic heterocycles. The van der Waals surface area contributed by atoms with Crippen LogP contribution in [0.2, 0.25) is 0 Å². The molecule has 2 aromatic heterocycles. The van der Waals surface area contributed by atoms with E-state index in [2.05, 4.69) is 10.2 Å². The van der Waals surface area contributed by atoms with Gasteiger partial charge >= 0.3 is 5.69 Å². The van der Waals surface area contributed by atoms with Crippen LogP contribution in [-0.2, 0) is 13.1 Å². The van der Waals surface area contributed by atoms with Crippen LogP contribution in [0.1, 0.15) is 47.6 Å². The summed E-state index contributed by atoms with van der Waals surface area (Å²) in [6.45, 7) is 4.37. The van der Waals surface area contributed by atoms with Crippen LogP contribution in [0.25, 0.3) is 11.3 Å². The van der Waals surface area contributed by atoms with Crippen LogP contribution in [0.4, 0.5) is 0 Å². The van der Waals surface area contributed by atoms with Crippen molar-refractivity contribution in [2.75, 3.05) is 19.9 Å². The second kappa shape index (κ2) is 9.61. The normalized spacial score (nSPS) is 15.3. The number of amides is 1. The predicted molar refractivity (Wildman–Crippen MR) is 136 cm³/mol. The van der Waals surface area contributed by atoms with E-state index >= 15 is 0 Å². The van der Waals surface area contributed by atoms with Crippen molar-refractivity contribution in [3.8, 4) is 22.8 Å². The molecule has 0 aliphatic carbocycles. The van der Waals surface area contributed by atoms with Gasteiger partial charge in [-0.3, -0.25) is 14.5 Å². The summed E-state index contributed by atoms with van der Waals surface area (Å²) in [6, 6.07) is 17.2. The van der Waals surface area contributed by atoms with Crippen molar-refractivity contribution in [3.05, 3.63) is 82.2 Å². The maximum absolute atomic E-state index is 13.2. The number of piperidine rings is 1. The van der Waals surface area contributed by atoms with E-state index in [1.165, 1.54) is 0 Å². The number of carbonyl (C=O) groups excluding carboxylic acids is 1. The third-order valence-corrected chi connectivity index (χ3v) is 7.07. The number of aromatic nitrogens is 5. The minimum Gasteiger partial charge on any atom is -0.454 e. The maximum Gasteiger partial charge on any atom is 0.346 e. The molecule has 0 saturated carbocycles. The van der Waals surface area contributed by atoms with Crippen molar-refractivity contribution < 1.29 is 14.3 Å². The molecule has 10 nitrogen and oxygen atoms in total. The highest BCUT2D eigenvalue weighted by Gasteiger charge is 2.29. The summed E-state index contributed by atoms with van der Waals surface area (Å²) in [7, 11) is 0. The third kappa shape index (κ3) is 4.39. The predicted octanol–water partition coefficient (Wildman–Crippen LogP) is 3.25. The summed E-state index contributed by atoms with van der Waals surface area (Å²) in [4.78, 5) is 28.0. The standard InChI is InChI=1S/C27H28N6O4/c1-2-32-25(30-33(27(32)35)16-18-6-4-3-5-7-18)19-10-12-31(13-11-19)26(34)22-15-21(28-29-22)20-8-9-23-24(14-20)37-17-36-23/h3-9,14-15,19H,2,10-13,16-17H2,1H3,(H,28,29). The first kappa shape index (κ1) is 23.1. The van der Waals surface area contributed by atoms with E-state index in [0.717, 1.165) is 29.8 Å². The van der Waals surface area contributed by atoms with Crippen LogP contribution in [0.15, 0.2) is 59.4 Å². The number of nitrogens with zero attached hydrogens (tertiary/aromatic N) is 5. The molecule has 37 heavy (non-hydrogen) atoms. The molecule has 2 aliphatic rings. The highest BCUT2D eigenvalue weighted by molar-refractivity contribution is 5.93. The van der Waals surface area contributed by atoms with Gasteiger partial charge in [-0.2, -0.15) is 10.2 Å². The van der Waals surface area contributed by atoms with E-state index in [9.17, 15) is 9.59 Å². The molecule has 4 heterocycles.